The molecular weight excluding hydrogens is 304 g/mol. The van der Waals surface area contributed by atoms with E-state index < -0.39 is 10.0 Å². The second-order valence-electron chi connectivity index (χ2n) is 5.61. The molecule has 0 aromatic carbocycles. The molecule has 0 atom stereocenters. The van der Waals surface area contributed by atoms with Crippen molar-refractivity contribution in [1.29, 1.82) is 0 Å². The van der Waals surface area contributed by atoms with Crippen molar-refractivity contribution in [3.63, 3.8) is 0 Å². The van der Waals surface area contributed by atoms with E-state index in [0.29, 0.717) is 50.1 Å². The van der Waals surface area contributed by atoms with Gasteiger partial charge in [-0.15, -0.1) is 0 Å². The minimum absolute atomic E-state index is 0.0273. The first kappa shape index (κ1) is 17.0. The molecule has 1 aromatic heterocycles. The van der Waals surface area contributed by atoms with Gasteiger partial charge in [-0.1, -0.05) is 13.8 Å². The third-order valence-electron chi connectivity index (χ3n) is 3.90. The Morgan fingerprint density at radius 3 is 2.64 bits per heavy atom. The predicted octanol–water partition coefficient (Wildman–Crippen LogP) is 1.78. The van der Waals surface area contributed by atoms with E-state index in [9.17, 15) is 13.2 Å². The molecule has 22 heavy (non-hydrogen) atoms. The first-order valence-electron chi connectivity index (χ1n) is 7.82. The number of likely N-dealkylation sites (tertiary alicyclic amines) is 1. The minimum atomic E-state index is -3.19. The Bertz CT molecular complexity index is 601. The van der Waals surface area contributed by atoms with Gasteiger partial charge in [0.25, 0.3) is 5.91 Å². The second-order valence-corrected chi connectivity index (χ2v) is 7.49. The monoisotopic (exact) mass is 328 g/mol. The molecule has 0 bridgehead atoms. The van der Waals surface area contributed by atoms with Crippen LogP contribution < -0.4 is 4.72 Å². The van der Waals surface area contributed by atoms with Gasteiger partial charge in [0.2, 0.25) is 10.0 Å². The Hall–Kier alpha value is -1.34. The van der Waals surface area contributed by atoms with Crippen LogP contribution in [0.3, 0.4) is 0 Å². The normalized spacial score (nSPS) is 16.9. The maximum absolute atomic E-state index is 12.5. The molecule has 6 nitrogen and oxygen atoms in total. The van der Waals surface area contributed by atoms with Crippen LogP contribution in [0.5, 0.6) is 0 Å². The molecule has 2 heterocycles. The highest BCUT2D eigenvalue weighted by Crippen LogP contribution is 2.18. The SMILES string of the molecule is CCCS(=O)(=O)NC1CCN(C(=O)c2ccoc2CC)CC1. The lowest BCUT2D eigenvalue weighted by Crippen LogP contribution is -2.47. The summed E-state index contributed by atoms with van der Waals surface area (Å²) in [6.07, 6.45) is 4.12. The largest absolute Gasteiger partial charge is 0.469 e. The van der Waals surface area contributed by atoms with E-state index in [4.69, 9.17) is 4.42 Å². The van der Waals surface area contributed by atoms with Gasteiger partial charge < -0.3 is 9.32 Å². The molecule has 0 spiro atoms. The van der Waals surface area contributed by atoms with Gasteiger partial charge in [0.05, 0.1) is 17.6 Å². The minimum Gasteiger partial charge on any atom is -0.469 e. The molecule has 124 valence electrons. The standard InChI is InChI=1S/C15H24N2O4S/c1-3-11-22(19,20)16-12-5-8-17(9-6-12)15(18)13-7-10-21-14(13)4-2/h7,10,12,16H,3-6,8-9,11H2,1-2H3. The number of hydrogen-bond acceptors (Lipinski definition) is 4. The van der Waals surface area contributed by atoms with Crippen molar-refractivity contribution in [3.05, 3.63) is 23.7 Å². The van der Waals surface area contributed by atoms with Crippen LogP contribution in [-0.2, 0) is 16.4 Å². The molecule has 1 N–H and O–H groups in total. The number of carbonyl (C=O) groups excluding carboxylic acids is 1. The smallest absolute Gasteiger partial charge is 0.257 e. The van der Waals surface area contributed by atoms with E-state index in [1.54, 1.807) is 11.0 Å². The molecule has 1 aliphatic rings. The quantitative estimate of drug-likeness (QED) is 0.863. The fourth-order valence-corrected chi connectivity index (χ4v) is 4.16. The number of nitrogens with one attached hydrogen (secondary N) is 1. The molecular formula is C15H24N2O4S. The van der Waals surface area contributed by atoms with Crippen molar-refractivity contribution in [1.82, 2.24) is 9.62 Å². The lowest BCUT2D eigenvalue weighted by atomic mass is 10.0. The topological polar surface area (TPSA) is 79.6 Å². The van der Waals surface area contributed by atoms with Gasteiger partial charge in [-0.25, -0.2) is 13.1 Å². The first-order chi connectivity index (χ1) is 10.5. The number of sulfonamides is 1. The van der Waals surface area contributed by atoms with Gasteiger partial charge >= 0.3 is 0 Å². The summed E-state index contributed by atoms with van der Waals surface area (Å²) in [5, 5.41) is 0. The second kappa shape index (κ2) is 7.28. The highest BCUT2D eigenvalue weighted by molar-refractivity contribution is 7.89. The van der Waals surface area contributed by atoms with Crippen molar-refractivity contribution in [2.75, 3.05) is 18.8 Å². The lowest BCUT2D eigenvalue weighted by molar-refractivity contribution is 0.0709. The van der Waals surface area contributed by atoms with Crippen molar-refractivity contribution >= 4 is 15.9 Å². The zero-order valence-electron chi connectivity index (χ0n) is 13.2. The maximum Gasteiger partial charge on any atom is 0.257 e. The average molecular weight is 328 g/mol. The van der Waals surface area contributed by atoms with Gasteiger partial charge in [-0.05, 0) is 25.3 Å². The maximum atomic E-state index is 12.5. The molecule has 0 saturated carbocycles. The molecule has 1 aromatic rings. The van der Waals surface area contributed by atoms with Crippen LogP contribution in [-0.4, -0.2) is 44.1 Å². The highest BCUT2D eigenvalue weighted by Gasteiger charge is 2.27. The fraction of sp³-hybridized carbons (Fsp3) is 0.667. The van der Waals surface area contributed by atoms with E-state index >= 15 is 0 Å². The molecule has 0 radical (unpaired) electrons. The number of furan rings is 1. The number of rotatable bonds is 6. The predicted molar refractivity (Wildman–Crippen MR) is 84.2 cm³/mol. The fourth-order valence-electron chi connectivity index (χ4n) is 2.76. The molecule has 1 saturated heterocycles. The van der Waals surface area contributed by atoms with Crippen molar-refractivity contribution in [2.45, 2.75) is 45.6 Å². The summed E-state index contributed by atoms with van der Waals surface area (Å²) in [7, 11) is -3.19. The van der Waals surface area contributed by atoms with E-state index in [1.165, 1.54) is 6.26 Å². The Morgan fingerprint density at radius 2 is 2.05 bits per heavy atom. The number of carbonyl (C=O) groups is 1. The van der Waals surface area contributed by atoms with Crippen molar-refractivity contribution in [3.8, 4) is 0 Å². The summed E-state index contributed by atoms with van der Waals surface area (Å²) in [6, 6.07) is 1.63. The average Bonchev–Trinajstić information content (AvgIpc) is 2.95. The van der Waals surface area contributed by atoms with Crippen LogP contribution in [0.25, 0.3) is 0 Å². The highest BCUT2D eigenvalue weighted by atomic mass is 32.2. The van der Waals surface area contributed by atoms with Gasteiger partial charge in [-0.3, -0.25) is 4.79 Å². The summed E-state index contributed by atoms with van der Waals surface area (Å²) in [5.74, 6) is 0.831. The molecule has 1 aliphatic heterocycles. The summed E-state index contributed by atoms with van der Waals surface area (Å²) in [5.41, 5.74) is 0.618. The van der Waals surface area contributed by atoms with E-state index in [2.05, 4.69) is 4.72 Å². The number of hydrogen-bond donors (Lipinski definition) is 1. The zero-order valence-corrected chi connectivity index (χ0v) is 14.0. The van der Waals surface area contributed by atoms with Crippen LogP contribution >= 0.6 is 0 Å². The Labute approximate surface area is 131 Å². The molecule has 1 amide bonds. The first-order valence-corrected chi connectivity index (χ1v) is 9.47. The van der Waals surface area contributed by atoms with E-state index in [1.807, 2.05) is 13.8 Å². The molecule has 2 rings (SSSR count). The summed E-state index contributed by atoms with van der Waals surface area (Å²) in [4.78, 5) is 14.2. The summed E-state index contributed by atoms with van der Waals surface area (Å²) in [6.45, 7) is 4.92. The lowest BCUT2D eigenvalue weighted by Gasteiger charge is -2.32. The van der Waals surface area contributed by atoms with Crippen molar-refractivity contribution in [2.24, 2.45) is 0 Å². The number of piperidine rings is 1. The molecule has 1 fully saturated rings. The van der Waals surface area contributed by atoms with Gasteiger partial charge in [-0.2, -0.15) is 0 Å². The van der Waals surface area contributed by atoms with Gasteiger partial charge in [0.15, 0.2) is 0 Å². The van der Waals surface area contributed by atoms with Gasteiger partial charge in [0, 0.05) is 25.6 Å². The summed E-state index contributed by atoms with van der Waals surface area (Å²) < 4.78 is 31.6. The Morgan fingerprint density at radius 1 is 1.36 bits per heavy atom. The summed E-state index contributed by atoms with van der Waals surface area (Å²) >= 11 is 0. The molecule has 0 unspecified atom stereocenters. The third kappa shape index (κ3) is 4.10. The number of aryl methyl sites for hydroxylation is 1. The Kier molecular flexibility index (Phi) is 5.63. The van der Waals surface area contributed by atoms with Crippen LogP contribution in [0.2, 0.25) is 0 Å². The molecule has 0 aliphatic carbocycles. The van der Waals surface area contributed by atoms with Gasteiger partial charge in [0.1, 0.15) is 5.76 Å². The third-order valence-corrected chi connectivity index (χ3v) is 5.54. The Balaban J connectivity index is 1.91. The molecule has 7 heteroatoms. The van der Waals surface area contributed by atoms with Crippen LogP contribution in [0.15, 0.2) is 16.7 Å². The number of amides is 1. The van der Waals surface area contributed by atoms with Crippen molar-refractivity contribution < 1.29 is 17.6 Å². The zero-order chi connectivity index (χ0) is 16.2. The van der Waals surface area contributed by atoms with Crippen LogP contribution in [0.1, 0.15) is 49.2 Å². The van der Waals surface area contributed by atoms with E-state index in [0.717, 1.165) is 0 Å². The van der Waals surface area contributed by atoms with Crippen LogP contribution in [0, 0.1) is 0 Å². The number of nitrogens with zero attached hydrogens (tertiary/aromatic N) is 1. The van der Waals surface area contributed by atoms with E-state index in [-0.39, 0.29) is 17.7 Å². The van der Waals surface area contributed by atoms with Crippen LogP contribution in [0.4, 0.5) is 0 Å².